The Labute approximate surface area is 71.4 Å². The predicted molar refractivity (Wildman–Crippen MR) is 50.1 cm³/mol. The molecule has 1 aromatic heterocycles. The summed E-state index contributed by atoms with van der Waals surface area (Å²) < 4.78 is 0. The summed E-state index contributed by atoms with van der Waals surface area (Å²) in [7, 11) is 0. The van der Waals surface area contributed by atoms with Crippen LogP contribution in [-0.4, -0.2) is 6.04 Å². The minimum absolute atomic E-state index is 0.750. The summed E-state index contributed by atoms with van der Waals surface area (Å²) in [6.07, 6.45) is 2.69. The van der Waals surface area contributed by atoms with Crippen LogP contribution in [-0.2, 0) is 0 Å². The second-order valence-electron chi connectivity index (χ2n) is 3.43. The maximum Gasteiger partial charge on any atom is 0.0450 e. The molecular formula is C9H13NS. The van der Waals surface area contributed by atoms with Gasteiger partial charge in [-0.15, -0.1) is 0 Å². The molecule has 0 amide bonds. The van der Waals surface area contributed by atoms with E-state index in [1.165, 1.54) is 18.5 Å². The average molecular weight is 167 g/mol. The van der Waals surface area contributed by atoms with Crippen LogP contribution in [0.4, 0.5) is 5.69 Å². The largest absolute Gasteiger partial charge is 0.382 e. The SMILES string of the molecule is CC1CC(Nc2ccsc2)C1. The lowest BCUT2D eigenvalue weighted by molar-refractivity contribution is 0.309. The molecule has 2 heteroatoms. The van der Waals surface area contributed by atoms with E-state index in [0.29, 0.717) is 0 Å². The highest BCUT2D eigenvalue weighted by molar-refractivity contribution is 7.08. The van der Waals surface area contributed by atoms with E-state index in [1.54, 1.807) is 11.3 Å². The highest BCUT2D eigenvalue weighted by Gasteiger charge is 2.24. The second-order valence-corrected chi connectivity index (χ2v) is 4.21. The van der Waals surface area contributed by atoms with Crippen LogP contribution in [0.1, 0.15) is 19.8 Å². The highest BCUT2D eigenvalue weighted by atomic mass is 32.1. The molecule has 1 N–H and O–H groups in total. The number of anilines is 1. The first-order valence-electron chi connectivity index (χ1n) is 4.13. The van der Waals surface area contributed by atoms with Crippen molar-refractivity contribution in [2.45, 2.75) is 25.8 Å². The van der Waals surface area contributed by atoms with Gasteiger partial charge in [0.2, 0.25) is 0 Å². The van der Waals surface area contributed by atoms with Gasteiger partial charge in [-0.3, -0.25) is 0 Å². The van der Waals surface area contributed by atoms with E-state index in [1.807, 2.05) is 0 Å². The van der Waals surface area contributed by atoms with Gasteiger partial charge in [0.1, 0.15) is 0 Å². The molecule has 1 aromatic rings. The Morgan fingerprint density at radius 2 is 2.36 bits per heavy atom. The van der Waals surface area contributed by atoms with Crippen molar-refractivity contribution in [1.82, 2.24) is 0 Å². The molecule has 0 aliphatic heterocycles. The lowest BCUT2D eigenvalue weighted by Gasteiger charge is -2.33. The summed E-state index contributed by atoms with van der Waals surface area (Å²) in [5.74, 6) is 0.936. The maximum absolute atomic E-state index is 3.50. The topological polar surface area (TPSA) is 12.0 Å². The molecule has 11 heavy (non-hydrogen) atoms. The molecule has 1 fully saturated rings. The van der Waals surface area contributed by atoms with Gasteiger partial charge in [-0.2, -0.15) is 11.3 Å². The van der Waals surface area contributed by atoms with E-state index in [4.69, 9.17) is 0 Å². The number of rotatable bonds is 2. The normalized spacial score (nSPS) is 29.5. The van der Waals surface area contributed by atoms with Crippen LogP contribution in [0.2, 0.25) is 0 Å². The fourth-order valence-electron chi connectivity index (χ4n) is 1.60. The average Bonchev–Trinajstić information content (AvgIpc) is 2.36. The zero-order valence-electron chi connectivity index (χ0n) is 6.71. The van der Waals surface area contributed by atoms with Gasteiger partial charge in [-0.25, -0.2) is 0 Å². The number of thiophene rings is 1. The lowest BCUT2D eigenvalue weighted by atomic mass is 9.82. The molecular weight excluding hydrogens is 154 g/mol. The van der Waals surface area contributed by atoms with Crippen molar-refractivity contribution in [2.75, 3.05) is 5.32 Å². The molecule has 0 unspecified atom stereocenters. The van der Waals surface area contributed by atoms with Crippen LogP contribution in [0.3, 0.4) is 0 Å². The van der Waals surface area contributed by atoms with Gasteiger partial charge in [0.05, 0.1) is 0 Å². The molecule has 0 bridgehead atoms. The second kappa shape index (κ2) is 2.86. The standard InChI is InChI=1S/C9H13NS/c1-7-4-9(5-7)10-8-2-3-11-6-8/h2-3,6-7,9-10H,4-5H2,1H3. The van der Waals surface area contributed by atoms with E-state index in [9.17, 15) is 0 Å². The van der Waals surface area contributed by atoms with Gasteiger partial charge in [-0.1, -0.05) is 6.92 Å². The minimum atomic E-state index is 0.750. The van der Waals surface area contributed by atoms with Gasteiger partial charge in [0.25, 0.3) is 0 Å². The van der Waals surface area contributed by atoms with Gasteiger partial charge in [0, 0.05) is 17.1 Å². The van der Waals surface area contributed by atoms with Crippen molar-refractivity contribution in [3.63, 3.8) is 0 Å². The summed E-state index contributed by atoms with van der Waals surface area (Å²) in [5.41, 5.74) is 1.30. The van der Waals surface area contributed by atoms with E-state index in [-0.39, 0.29) is 0 Å². The van der Waals surface area contributed by atoms with Crippen molar-refractivity contribution in [2.24, 2.45) is 5.92 Å². The molecule has 1 heterocycles. The molecule has 0 aromatic carbocycles. The summed E-state index contributed by atoms with van der Waals surface area (Å²) in [5, 5.41) is 7.78. The number of hydrogen-bond donors (Lipinski definition) is 1. The van der Waals surface area contributed by atoms with Crippen molar-refractivity contribution in [3.8, 4) is 0 Å². The number of nitrogens with one attached hydrogen (secondary N) is 1. The van der Waals surface area contributed by atoms with Gasteiger partial charge in [0.15, 0.2) is 0 Å². The van der Waals surface area contributed by atoms with Crippen LogP contribution in [0, 0.1) is 5.92 Å². The van der Waals surface area contributed by atoms with Crippen LogP contribution < -0.4 is 5.32 Å². The molecule has 60 valence electrons. The minimum Gasteiger partial charge on any atom is -0.382 e. The smallest absolute Gasteiger partial charge is 0.0450 e. The fourth-order valence-corrected chi connectivity index (χ4v) is 2.20. The van der Waals surface area contributed by atoms with Crippen molar-refractivity contribution in [3.05, 3.63) is 16.8 Å². The van der Waals surface area contributed by atoms with Gasteiger partial charge < -0.3 is 5.32 Å². The Morgan fingerprint density at radius 1 is 1.55 bits per heavy atom. The van der Waals surface area contributed by atoms with Crippen LogP contribution in [0.15, 0.2) is 16.8 Å². The Balaban J connectivity index is 1.84. The first-order valence-corrected chi connectivity index (χ1v) is 5.07. The summed E-state index contributed by atoms with van der Waals surface area (Å²) in [4.78, 5) is 0. The molecule has 2 rings (SSSR count). The highest BCUT2D eigenvalue weighted by Crippen LogP contribution is 2.29. The lowest BCUT2D eigenvalue weighted by Crippen LogP contribution is -2.33. The zero-order chi connectivity index (χ0) is 7.68. The summed E-state index contributed by atoms with van der Waals surface area (Å²) in [6.45, 7) is 2.31. The molecule has 1 saturated carbocycles. The van der Waals surface area contributed by atoms with E-state index >= 15 is 0 Å². The van der Waals surface area contributed by atoms with Gasteiger partial charge in [-0.05, 0) is 30.2 Å². The quantitative estimate of drug-likeness (QED) is 0.714. The molecule has 0 atom stereocenters. The van der Waals surface area contributed by atoms with Crippen molar-refractivity contribution >= 4 is 17.0 Å². The molecule has 1 aliphatic rings. The Hall–Kier alpha value is -0.500. The molecule has 0 spiro atoms. The van der Waals surface area contributed by atoms with E-state index in [2.05, 4.69) is 29.1 Å². The molecule has 0 saturated heterocycles. The van der Waals surface area contributed by atoms with Crippen LogP contribution >= 0.6 is 11.3 Å². The third kappa shape index (κ3) is 1.56. The zero-order valence-corrected chi connectivity index (χ0v) is 7.53. The molecule has 1 nitrogen and oxygen atoms in total. The summed E-state index contributed by atoms with van der Waals surface area (Å²) in [6, 6.07) is 2.90. The van der Waals surface area contributed by atoms with E-state index < -0.39 is 0 Å². The third-order valence-corrected chi connectivity index (χ3v) is 2.95. The monoisotopic (exact) mass is 167 g/mol. The molecule has 0 radical (unpaired) electrons. The van der Waals surface area contributed by atoms with Gasteiger partial charge >= 0.3 is 0 Å². The third-order valence-electron chi connectivity index (χ3n) is 2.27. The Bertz CT molecular complexity index is 211. The number of hydrogen-bond acceptors (Lipinski definition) is 2. The Kier molecular flexibility index (Phi) is 1.86. The summed E-state index contributed by atoms with van der Waals surface area (Å²) >= 11 is 1.75. The predicted octanol–water partition coefficient (Wildman–Crippen LogP) is 2.96. The first kappa shape index (κ1) is 7.17. The maximum atomic E-state index is 3.50. The van der Waals surface area contributed by atoms with Crippen molar-refractivity contribution < 1.29 is 0 Å². The first-order chi connectivity index (χ1) is 5.34. The van der Waals surface area contributed by atoms with Crippen LogP contribution in [0.25, 0.3) is 0 Å². The molecule has 1 aliphatic carbocycles. The van der Waals surface area contributed by atoms with Crippen LogP contribution in [0.5, 0.6) is 0 Å². The van der Waals surface area contributed by atoms with Crippen molar-refractivity contribution in [1.29, 1.82) is 0 Å². The Morgan fingerprint density at radius 3 is 2.91 bits per heavy atom. The van der Waals surface area contributed by atoms with E-state index in [0.717, 1.165) is 12.0 Å². The fraction of sp³-hybridized carbons (Fsp3) is 0.556.